The molecule has 0 radical (unpaired) electrons. The average Bonchev–Trinajstić information content (AvgIpc) is 2.53. The van der Waals surface area contributed by atoms with Crippen molar-refractivity contribution in [2.24, 2.45) is 5.92 Å². The fourth-order valence-corrected chi connectivity index (χ4v) is 2.08. The van der Waals surface area contributed by atoms with E-state index in [1.165, 1.54) is 0 Å². The third kappa shape index (κ3) is 2.45. The Labute approximate surface area is 84.6 Å². The molecule has 0 aromatic carbocycles. The summed E-state index contributed by atoms with van der Waals surface area (Å²) in [6.45, 7) is 3.80. The molecule has 1 aliphatic rings. The smallest absolute Gasteiger partial charge is 0.308 e. The van der Waals surface area contributed by atoms with Crippen molar-refractivity contribution in [3.05, 3.63) is 0 Å². The van der Waals surface area contributed by atoms with Crippen LogP contribution in [-0.4, -0.2) is 36.4 Å². The molecule has 0 aromatic rings. The fraction of sp³-hybridized carbons (Fsp3) is 0.900. The quantitative estimate of drug-likeness (QED) is 0.708. The van der Waals surface area contributed by atoms with Crippen molar-refractivity contribution < 1.29 is 14.6 Å². The first-order chi connectivity index (χ1) is 6.56. The zero-order valence-electron chi connectivity index (χ0n) is 8.99. The van der Waals surface area contributed by atoms with Crippen molar-refractivity contribution in [1.82, 2.24) is 5.32 Å². The first-order valence-electron chi connectivity index (χ1n) is 5.08. The number of carboxylic acid groups (broad SMARTS) is 1. The summed E-state index contributed by atoms with van der Waals surface area (Å²) >= 11 is 0. The summed E-state index contributed by atoms with van der Waals surface area (Å²) in [4.78, 5) is 10.8. The maximum absolute atomic E-state index is 10.8. The highest BCUT2D eigenvalue weighted by Gasteiger charge is 2.34. The standard InChI is InChI=1S/C10H19NO3/c1-6-4-5-8(11-6)9(14-3)7(2)10(12)13/h6-9,11H,4-5H2,1-3H3,(H,12,13)/t6-,7?,8-,9?/m0/s1. The van der Waals surface area contributed by atoms with Gasteiger partial charge in [-0.15, -0.1) is 0 Å². The third-order valence-electron chi connectivity index (χ3n) is 2.96. The Hall–Kier alpha value is -0.610. The molecule has 0 amide bonds. The third-order valence-corrected chi connectivity index (χ3v) is 2.96. The van der Waals surface area contributed by atoms with Crippen molar-refractivity contribution >= 4 is 5.97 Å². The minimum Gasteiger partial charge on any atom is -0.481 e. The molecule has 1 fully saturated rings. The van der Waals surface area contributed by atoms with E-state index in [0.717, 1.165) is 12.8 Å². The predicted molar refractivity (Wildman–Crippen MR) is 53.2 cm³/mol. The van der Waals surface area contributed by atoms with Crippen molar-refractivity contribution in [3.8, 4) is 0 Å². The van der Waals surface area contributed by atoms with E-state index < -0.39 is 11.9 Å². The van der Waals surface area contributed by atoms with Gasteiger partial charge in [0.1, 0.15) is 0 Å². The summed E-state index contributed by atoms with van der Waals surface area (Å²) in [7, 11) is 1.58. The van der Waals surface area contributed by atoms with Crippen LogP contribution in [0.25, 0.3) is 0 Å². The highest BCUT2D eigenvalue weighted by Crippen LogP contribution is 2.21. The number of hydrogen-bond acceptors (Lipinski definition) is 3. The largest absolute Gasteiger partial charge is 0.481 e. The van der Waals surface area contributed by atoms with E-state index in [0.29, 0.717) is 6.04 Å². The van der Waals surface area contributed by atoms with Crippen molar-refractivity contribution in [3.63, 3.8) is 0 Å². The Morgan fingerprint density at radius 3 is 2.57 bits per heavy atom. The van der Waals surface area contributed by atoms with Crippen LogP contribution in [0.4, 0.5) is 0 Å². The van der Waals surface area contributed by atoms with Gasteiger partial charge in [-0.25, -0.2) is 0 Å². The molecule has 1 saturated heterocycles. The van der Waals surface area contributed by atoms with Gasteiger partial charge in [0.15, 0.2) is 0 Å². The second-order valence-electron chi connectivity index (χ2n) is 4.08. The highest BCUT2D eigenvalue weighted by molar-refractivity contribution is 5.70. The molecular weight excluding hydrogens is 182 g/mol. The molecule has 0 aliphatic carbocycles. The molecule has 1 heterocycles. The van der Waals surface area contributed by atoms with Gasteiger partial charge in [0, 0.05) is 19.2 Å². The fourth-order valence-electron chi connectivity index (χ4n) is 2.08. The molecule has 4 atom stereocenters. The molecule has 0 spiro atoms. The summed E-state index contributed by atoms with van der Waals surface area (Å²) in [6.07, 6.45) is 1.87. The number of rotatable bonds is 4. The Morgan fingerprint density at radius 1 is 1.57 bits per heavy atom. The Balaban J connectivity index is 2.57. The number of nitrogens with one attached hydrogen (secondary N) is 1. The van der Waals surface area contributed by atoms with Gasteiger partial charge in [-0.05, 0) is 26.7 Å². The van der Waals surface area contributed by atoms with Crippen LogP contribution >= 0.6 is 0 Å². The van der Waals surface area contributed by atoms with Crippen molar-refractivity contribution in [2.75, 3.05) is 7.11 Å². The number of hydrogen-bond donors (Lipinski definition) is 2. The maximum Gasteiger partial charge on any atom is 0.308 e. The summed E-state index contributed by atoms with van der Waals surface area (Å²) in [5.41, 5.74) is 0. The van der Waals surface area contributed by atoms with Crippen LogP contribution in [0.3, 0.4) is 0 Å². The second kappa shape index (κ2) is 4.75. The Bertz CT molecular complexity index is 208. The van der Waals surface area contributed by atoms with E-state index in [2.05, 4.69) is 12.2 Å². The Morgan fingerprint density at radius 2 is 2.21 bits per heavy atom. The van der Waals surface area contributed by atoms with Crippen molar-refractivity contribution in [1.29, 1.82) is 0 Å². The lowest BCUT2D eigenvalue weighted by Gasteiger charge is -2.26. The summed E-state index contributed by atoms with van der Waals surface area (Å²) in [5, 5.41) is 12.3. The topological polar surface area (TPSA) is 58.6 Å². The molecular formula is C10H19NO3. The number of carboxylic acids is 1. The van der Waals surface area contributed by atoms with Crippen LogP contribution < -0.4 is 5.32 Å². The summed E-state index contributed by atoms with van der Waals surface area (Å²) in [5.74, 6) is -1.25. The van der Waals surface area contributed by atoms with Gasteiger partial charge in [-0.2, -0.15) is 0 Å². The van der Waals surface area contributed by atoms with Gasteiger partial charge in [-0.1, -0.05) is 0 Å². The lowest BCUT2D eigenvalue weighted by molar-refractivity contribution is -0.146. The van der Waals surface area contributed by atoms with E-state index in [-0.39, 0.29) is 12.1 Å². The zero-order valence-corrected chi connectivity index (χ0v) is 8.99. The lowest BCUT2D eigenvalue weighted by Crippen LogP contribution is -2.44. The molecule has 1 rings (SSSR count). The number of methoxy groups -OCH3 is 1. The molecule has 1 aliphatic heterocycles. The van der Waals surface area contributed by atoms with Crippen LogP contribution in [0, 0.1) is 5.92 Å². The maximum atomic E-state index is 10.8. The number of ether oxygens (including phenoxy) is 1. The first kappa shape index (κ1) is 11.5. The van der Waals surface area contributed by atoms with Crippen LogP contribution in [0.1, 0.15) is 26.7 Å². The number of aliphatic carboxylic acids is 1. The monoisotopic (exact) mass is 201 g/mol. The van der Waals surface area contributed by atoms with Crippen LogP contribution in [0.2, 0.25) is 0 Å². The predicted octanol–water partition coefficient (Wildman–Crippen LogP) is 0.863. The van der Waals surface area contributed by atoms with Gasteiger partial charge in [-0.3, -0.25) is 4.79 Å². The summed E-state index contributed by atoms with van der Waals surface area (Å²) < 4.78 is 5.26. The van der Waals surface area contributed by atoms with Gasteiger partial charge < -0.3 is 15.2 Å². The van der Waals surface area contributed by atoms with E-state index in [4.69, 9.17) is 9.84 Å². The molecule has 2 N–H and O–H groups in total. The van der Waals surface area contributed by atoms with Gasteiger partial charge in [0.25, 0.3) is 0 Å². The van der Waals surface area contributed by atoms with Gasteiger partial charge in [0.05, 0.1) is 12.0 Å². The SMILES string of the molecule is COC(C(C)C(=O)O)[C@@H]1CC[C@H](C)N1. The van der Waals surface area contributed by atoms with E-state index in [1.807, 2.05) is 0 Å². The minimum atomic E-state index is -0.793. The normalized spacial score (nSPS) is 31.4. The molecule has 14 heavy (non-hydrogen) atoms. The Kier molecular flexibility index (Phi) is 3.89. The molecule has 4 nitrogen and oxygen atoms in total. The second-order valence-corrected chi connectivity index (χ2v) is 4.08. The van der Waals surface area contributed by atoms with Crippen LogP contribution in [-0.2, 0) is 9.53 Å². The zero-order chi connectivity index (χ0) is 10.7. The average molecular weight is 201 g/mol. The molecule has 0 aromatic heterocycles. The first-order valence-corrected chi connectivity index (χ1v) is 5.08. The van der Waals surface area contributed by atoms with E-state index in [9.17, 15) is 4.79 Å². The van der Waals surface area contributed by atoms with Gasteiger partial charge in [0.2, 0.25) is 0 Å². The van der Waals surface area contributed by atoms with Crippen LogP contribution in [0.15, 0.2) is 0 Å². The molecule has 0 saturated carbocycles. The van der Waals surface area contributed by atoms with Gasteiger partial charge >= 0.3 is 5.97 Å². The lowest BCUT2D eigenvalue weighted by atomic mass is 9.97. The minimum absolute atomic E-state index is 0.182. The van der Waals surface area contributed by atoms with Crippen molar-refractivity contribution in [2.45, 2.75) is 44.9 Å². The van der Waals surface area contributed by atoms with E-state index >= 15 is 0 Å². The van der Waals surface area contributed by atoms with E-state index in [1.54, 1.807) is 14.0 Å². The summed E-state index contributed by atoms with van der Waals surface area (Å²) in [6, 6.07) is 0.653. The molecule has 4 heteroatoms. The molecule has 2 unspecified atom stereocenters. The van der Waals surface area contributed by atoms with Crippen LogP contribution in [0.5, 0.6) is 0 Å². The molecule has 82 valence electrons. The molecule has 0 bridgehead atoms. The number of carbonyl (C=O) groups is 1. The highest BCUT2D eigenvalue weighted by atomic mass is 16.5.